The molecule has 1 heterocycles. The molecule has 3 aromatic carbocycles. The van der Waals surface area contributed by atoms with Crippen molar-refractivity contribution in [3.05, 3.63) is 96.1 Å². The van der Waals surface area contributed by atoms with E-state index in [4.69, 9.17) is 4.99 Å². The zero-order valence-electron chi connectivity index (χ0n) is 19.3. The molecule has 4 rings (SSSR count). The molecule has 0 aromatic heterocycles. The molecule has 0 aliphatic carbocycles. The molecule has 0 saturated carbocycles. The first-order valence-electron chi connectivity index (χ1n) is 10.9. The Kier molecular flexibility index (Phi) is 6.01. The Morgan fingerprint density at radius 1 is 0.879 bits per heavy atom. The van der Waals surface area contributed by atoms with Gasteiger partial charge >= 0.3 is 0 Å². The van der Waals surface area contributed by atoms with Crippen LogP contribution in [0, 0.1) is 0 Å². The van der Waals surface area contributed by atoms with E-state index in [0.717, 1.165) is 5.56 Å². The lowest BCUT2D eigenvalue weighted by Crippen LogP contribution is -2.54. The maximum absolute atomic E-state index is 13.7. The molecule has 1 unspecified atom stereocenters. The molecule has 1 N–H and O–H groups in total. The Labute approximate surface area is 194 Å². The quantitative estimate of drug-likeness (QED) is 0.629. The van der Waals surface area contributed by atoms with Gasteiger partial charge in [0, 0.05) is 23.7 Å². The summed E-state index contributed by atoms with van der Waals surface area (Å²) in [6.07, 6.45) is 0. The fraction of sp³-hybridized carbons (Fsp3) is 0.222. The molecule has 2 amide bonds. The normalized spacial score (nSPS) is 15.3. The standard InChI is InChI=1S/C27H28N4O2/c1-27(2,3)29-24(32)23-21-17-11-12-18-22(21)28-26(30(23)4)31(20-15-9-6-10-16-20)25(33)19-13-7-5-8-14-19/h5-18,23H,1-4H3,(H,29,32). The summed E-state index contributed by atoms with van der Waals surface area (Å²) < 4.78 is 0. The van der Waals surface area contributed by atoms with Crippen LogP contribution in [0.1, 0.15) is 42.7 Å². The minimum absolute atomic E-state index is 0.148. The second-order valence-corrected chi connectivity index (χ2v) is 9.07. The van der Waals surface area contributed by atoms with Gasteiger partial charge in [0.1, 0.15) is 6.04 Å². The van der Waals surface area contributed by atoms with Crippen LogP contribution in [0.5, 0.6) is 0 Å². The van der Waals surface area contributed by atoms with Crippen molar-refractivity contribution in [2.24, 2.45) is 4.99 Å². The number of benzene rings is 3. The number of amides is 2. The smallest absolute Gasteiger partial charge is 0.265 e. The Bertz CT molecular complexity index is 1180. The number of nitrogens with one attached hydrogen (secondary N) is 1. The summed E-state index contributed by atoms with van der Waals surface area (Å²) in [6.45, 7) is 5.84. The Balaban J connectivity index is 1.86. The number of carbonyl (C=O) groups is 2. The minimum Gasteiger partial charge on any atom is -0.349 e. The Morgan fingerprint density at radius 2 is 1.45 bits per heavy atom. The highest BCUT2D eigenvalue weighted by atomic mass is 16.2. The van der Waals surface area contributed by atoms with Crippen molar-refractivity contribution in [2.45, 2.75) is 32.4 Å². The second kappa shape index (κ2) is 8.90. The van der Waals surface area contributed by atoms with Gasteiger partial charge in [-0.2, -0.15) is 0 Å². The number of carbonyl (C=O) groups excluding carboxylic acids is 2. The van der Waals surface area contributed by atoms with E-state index >= 15 is 0 Å². The summed E-state index contributed by atoms with van der Waals surface area (Å²) in [7, 11) is 1.80. The van der Waals surface area contributed by atoms with E-state index in [1.54, 1.807) is 29.0 Å². The molecule has 6 nitrogen and oxygen atoms in total. The lowest BCUT2D eigenvalue weighted by molar-refractivity contribution is -0.126. The average molecular weight is 441 g/mol. The average Bonchev–Trinajstić information content (AvgIpc) is 2.79. The number of para-hydroxylation sites is 2. The summed E-state index contributed by atoms with van der Waals surface area (Å²) in [5.41, 5.74) is 2.27. The third-order valence-electron chi connectivity index (χ3n) is 5.34. The van der Waals surface area contributed by atoms with Gasteiger partial charge in [-0.1, -0.05) is 54.6 Å². The number of hydrogen-bond donors (Lipinski definition) is 1. The van der Waals surface area contributed by atoms with Crippen molar-refractivity contribution in [1.82, 2.24) is 10.2 Å². The molecule has 168 valence electrons. The molecule has 1 aliphatic rings. The Morgan fingerprint density at radius 3 is 2.09 bits per heavy atom. The fourth-order valence-corrected chi connectivity index (χ4v) is 3.90. The van der Waals surface area contributed by atoms with Crippen LogP contribution in [-0.2, 0) is 4.79 Å². The molecule has 0 spiro atoms. The molecule has 0 fully saturated rings. The summed E-state index contributed by atoms with van der Waals surface area (Å²) in [5, 5.41) is 3.08. The van der Waals surface area contributed by atoms with Gasteiger partial charge in [-0.05, 0) is 51.1 Å². The predicted octanol–water partition coefficient (Wildman–Crippen LogP) is 4.92. The lowest BCUT2D eigenvalue weighted by Gasteiger charge is -2.39. The van der Waals surface area contributed by atoms with E-state index in [-0.39, 0.29) is 11.8 Å². The second-order valence-electron chi connectivity index (χ2n) is 9.07. The van der Waals surface area contributed by atoms with Crippen LogP contribution >= 0.6 is 0 Å². The highest BCUT2D eigenvalue weighted by Crippen LogP contribution is 2.36. The van der Waals surface area contributed by atoms with Crippen molar-refractivity contribution >= 4 is 29.1 Å². The summed E-state index contributed by atoms with van der Waals surface area (Å²) in [6, 6.07) is 25.4. The molecule has 6 heteroatoms. The van der Waals surface area contributed by atoms with Crippen LogP contribution in [0.25, 0.3) is 0 Å². The van der Waals surface area contributed by atoms with Crippen LogP contribution in [0.15, 0.2) is 89.9 Å². The van der Waals surface area contributed by atoms with Crippen LogP contribution in [0.2, 0.25) is 0 Å². The van der Waals surface area contributed by atoms with Gasteiger partial charge in [0.25, 0.3) is 5.91 Å². The summed E-state index contributed by atoms with van der Waals surface area (Å²) >= 11 is 0. The topological polar surface area (TPSA) is 65.0 Å². The highest BCUT2D eigenvalue weighted by Gasteiger charge is 2.38. The van der Waals surface area contributed by atoms with E-state index < -0.39 is 11.6 Å². The van der Waals surface area contributed by atoms with Crippen LogP contribution < -0.4 is 10.2 Å². The van der Waals surface area contributed by atoms with Crippen molar-refractivity contribution in [2.75, 3.05) is 11.9 Å². The van der Waals surface area contributed by atoms with Crippen LogP contribution in [0.4, 0.5) is 11.4 Å². The van der Waals surface area contributed by atoms with Gasteiger partial charge in [0.05, 0.1) is 11.4 Å². The van der Waals surface area contributed by atoms with E-state index in [2.05, 4.69) is 5.32 Å². The zero-order valence-corrected chi connectivity index (χ0v) is 19.3. The molecule has 33 heavy (non-hydrogen) atoms. The number of likely N-dealkylation sites (N-methyl/N-ethyl adjacent to an activating group) is 1. The summed E-state index contributed by atoms with van der Waals surface area (Å²) in [4.78, 5) is 35.3. The number of hydrogen-bond acceptors (Lipinski definition) is 4. The monoisotopic (exact) mass is 440 g/mol. The molecular weight excluding hydrogens is 412 g/mol. The Hall–Kier alpha value is -3.93. The van der Waals surface area contributed by atoms with E-state index in [1.165, 1.54) is 0 Å². The van der Waals surface area contributed by atoms with E-state index in [1.807, 2.05) is 93.6 Å². The fourth-order valence-electron chi connectivity index (χ4n) is 3.90. The zero-order chi connectivity index (χ0) is 23.6. The SMILES string of the molecule is CN1C(N(C(=O)c2ccccc2)c2ccccc2)=Nc2ccccc2C1C(=O)NC(C)(C)C. The maximum atomic E-state index is 13.7. The number of fused-ring (bicyclic) bond motifs is 1. The molecule has 3 aromatic rings. The number of nitrogens with zero attached hydrogens (tertiary/aromatic N) is 3. The molecular formula is C27H28N4O2. The van der Waals surface area contributed by atoms with E-state index in [0.29, 0.717) is 22.9 Å². The van der Waals surface area contributed by atoms with Gasteiger partial charge in [-0.15, -0.1) is 0 Å². The van der Waals surface area contributed by atoms with Gasteiger partial charge in [0.15, 0.2) is 0 Å². The van der Waals surface area contributed by atoms with Crippen LogP contribution in [-0.4, -0.2) is 35.3 Å². The molecule has 0 bridgehead atoms. The first kappa shape index (κ1) is 22.3. The van der Waals surface area contributed by atoms with E-state index in [9.17, 15) is 9.59 Å². The maximum Gasteiger partial charge on any atom is 0.265 e. The first-order valence-corrected chi connectivity index (χ1v) is 10.9. The number of anilines is 1. The molecule has 0 radical (unpaired) electrons. The van der Waals surface area contributed by atoms with Gasteiger partial charge < -0.3 is 10.2 Å². The van der Waals surface area contributed by atoms with Crippen molar-refractivity contribution in [3.8, 4) is 0 Å². The number of guanidine groups is 1. The molecule has 0 saturated heterocycles. The lowest BCUT2D eigenvalue weighted by atomic mass is 9.99. The van der Waals surface area contributed by atoms with Crippen molar-refractivity contribution in [3.63, 3.8) is 0 Å². The number of rotatable bonds is 3. The largest absolute Gasteiger partial charge is 0.349 e. The van der Waals surface area contributed by atoms with Gasteiger partial charge in [0.2, 0.25) is 11.9 Å². The summed E-state index contributed by atoms with van der Waals surface area (Å²) in [5.74, 6) is 0.0228. The van der Waals surface area contributed by atoms with Gasteiger partial charge in [-0.25, -0.2) is 9.89 Å². The first-order chi connectivity index (χ1) is 15.8. The molecule has 1 aliphatic heterocycles. The third-order valence-corrected chi connectivity index (χ3v) is 5.34. The predicted molar refractivity (Wildman–Crippen MR) is 132 cm³/mol. The minimum atomic E-state index is -0.636. The molecule has 1 atom stereocenters. The third kappa shape index (κ3) is 4.65. The van der Waals surface area contributed by atoms with Crippen molar-refractivity contribution in [1.29, 1.82) is 0 Å². The number of aliphatic imine (C=N–C) groups is 1. The van der Waals surface area contributed by atoms with Crippen LogP contribution in [0.3, 0.4) is 0 Å². The van der Waals surface area contributed by atoms with Gasteiger partial charge in [-0.3, -0.25) is 9.59 Å². The highest BCUT2D eigenvalue weighted by molar-refractivity contribution is 6.23. The van der Waals surface area contributed by atoms with Crippen molar-refractivity contribution < 1.29 is 9.59 Å².